The fourth-order valence-electron chi connectivity index (χ4n) is 2.94. The molecular weight excluding hydrogens is 384 g/mol. The van der Waals surface area contributed by atoms with E-state index >= 15 is 0 Å². The molecule has 0 aliphatic carbocycles. The van der Waals surface area contributed by atoms with Crippen molar-refractivity contribution in [2.45, 2.75) is 19.3 Å². The molecule has 1 aromatic heterocycles. The average molecular weight is 402 g/mol. The van der Waals surface area contributed by atoms with E-state index in [9.17, 15) is 14.4 Å². The summed E-state index contributed by atoms with van der Waals surface area (Å²) in [6.07, 6.45) is 1.35. The number of benzene rings is 1. The van der Waals surface area contributed by atoms with E-state index in [0.717, 1.165) is 6.42 Å². The van der Waals surface area contributed by atoms with Crippen molar-refractivity contribution in [2.24, 2.45) is 0 Å². The number of hydrogen-bond donors (Lipinski definition) is 2. The second kappa shape index (κ2) is 7.85. The molecule has 0 atom stereocenters. The fourth-order valence-corrected chi connectivity index (χ4v) is 3.81. The van der Waals surface area contributed by atoms with Crippen LogP contribution in [-0.4, -0.2) is 42.5 Å². The predicted molar refractivity (Wildman–Crippen MR) is 100 cm³/mol. The number of fused-ring (bicyclic) bond motifs is 1. The maximum atomic E-state index is 12.2. The lowest BCUT2D eigenvalue weighted by Crippen LogP contribution is -2.42. The zero-order valence-corrected chi connectivity index (χ0v) is 15.7. The lowest BCUT2D eigenvalue weighted by atomic mass is 10.2. The van der Waals surface area contributed by atoms with Gasteiger partial charge in [0.15, 0.2) is 16.6 Å². The van der Waals surface area contributed by atoms with E-state index in [1.165, 1.54) is 11.3 Å². The van der Waals surface area contributed by atoms with E-state index in [4.69, 9.17) is 9.47 Å². The molecule has 3 heterocycles. The predicted octanol–water partition coefficient (Wildman–Crippen LogP) is 1.04. The number of thiazole rings is 1. The third-order valence-electron chi connectivity index (χ3n) is 4.31. The Morgan fingerprint density at radius 3 is 2.79 bits per heavy atom. The monoisotopic (exact) mass is 402 g/mol. The lowest BCUT2D eigenvalue weighted by Gasteiger charge is -2.18. The normalized spacial score (nSPS) is 15.4. The molecule has 0 radical (unpaired) electrons. The SMILES string of the molecule is O=C(Cc1csc(N2CCCC2=O)n1)NNC(=O)c1ccc2c(c1)OCCO2. The van der Waals surface area contributed by atoms with Gasteiger partial charge in [0, 0.05) is 23.9 Å². The van der Waals surface area contributed by atoms with Crippen LogP contribution in [0.25, 0.3) is 0 Å². The molecule has 0 bridgehead atoms. The second-order valence-electron chi connectivity index (χ2n) is 6.31. The molecule has 0 saturated carbocycles. The van der Waals surface area contributed by atoms with Crippen molar-refractivity contribution < 1.29 is 23.9 Å². The molecule has 4 rings (SSSR count). The standard InChI is InChI=1S/C18H18N4O5S/c23-15(9-12-10-28-18(19-12)22-5-1-2-16(22)24)20-21-17(25)11-3-4-13-14(8-11)27-7-6-26-13/h3-4,8,10H,1-2,5-7,9H2,(H,20,23)(H,21,25). The number of rotatable bonds is 4. The van der Waals surface area contributed by atoms with E-state index in [-0.39, 0.29) is 12.3 Å². The number of nitrogens with one attached hydrogen (secondary N) is 2. The summed E-state index contributed by atoms with van der Waals surface area (Å²) in [7, 11) is 0. The zero-order chi connectivity index (χ0) is 19.5. The van der Waals surface area contributed by atoms with Crippen LogP contribution in [0.4, 0.5) is 5.13 Å². The summed E-state index contributed by atoms with van der Waals surface area (Å²) in [5.74, 6) is 0.263. The number of carbonyl (C=O) groups excluding carboxylic acids is 3. The molecule has 2 aliphatic rings. The van der Waals surface area contributed by atoms with E-state index in [2.05, 4.69) is 15.8 Å². The summed E-state index contributed by atoms with van der Waals surface area (Å²) in [6, 6.07) is 4.81. The van der Waals surface area contributed by atoms with Gasteiger partial charge in [-0.15, -0.1) is 11.3 Å². The molecular formula is C18H18N4O5S. The quantitative estimate of drug-likeness (QED) is 0.740. The maximum Gasteiger partial charge on any atom is 0.269 e. The Labute approximate surface area is 164 Å². The van der Waals surface area contributed by atoms with Crippen LogP contribution in [0.15, 0.2) is 23.6 Å². The Morgan fingerprint density at radius 2 is 2.00 bits per heavy atom. The van der Waals surface area contributed by atoms with Crippen molar-refractivity contribution in [2.75, 3.05) is 24.7 Å². The van der Waals surface area contributed by atoms with Crippen LogP contribution >= 0.6 is 11.3 Å². The number of hydrogen-bond acceptors (Lipinski definition) is 7. The van der Waals surface area contributed by atoms with Crippen molar-refractivity contribution in [1.82, 2.24) is 15.8 Å². The fraction of sp³-hybridized carbons (Fsp3) is 0.333. The van der Waals surface area contributed by atoms with Crippen LogP contribution in [0.3, 0.4) is 0 Å². The molecule has 1 fully saturated rings. The number of nitrogens with zero attached hydrogens (tertiary/aromatic N) is 2. The summed E-state index contributed by atoms with van der Waals surface area (Å²) in [4.78, 5) is 42.0. The smallest absolute Gasteiger partial charge is 0.269 e. The molecule has 2 N–H and O–H groups in total. The minimum atomic E-state index is -0.466. The summed E-state index contributed by atoms with van der Waals surface area (Å²) in [6.45, 7) is 1.55. The van der Waals surface area contributed by atoms with Crippen LogP contribution < -0.4 is 25.2 Å². The van der Waals surface area contributed by atoms with Gasteiger partial charge in [-0.05, 0) is 24.6 Å². The van der Waals surface area contributed by atoms with Crippen LogP contribution in [0.1, 0.15) is 28.9 Å². The maximum absolute atomic E-state index is 12.2. The van der Waals surface area contributed by atoms with Gasteiger partial charge in [-0.25, -0.2) is 4.98 Å². The summed E-state index contributed by atoms with van der Waals surface area (Å²) < 4.78 is 10.9. The van der Waals surface area contributed by atoms with Gasteiger partial charge in [0.2, 0.25) is 11.8 Å². The first-order chi connectivity index (χ1) is 13.6. The number of anilines is 1. The molecule has 28 heavy (non-hydrogen) atoms. The third kappa shape index (κ3) is 3.91. The van der Waals surface area contributed by atoms with Crippen molar-refractivity contribution in [3.05, 3.63) is 34.8 Å². The third-order valence-corrected chi connectivity index (χ3v) is 5.22. The van der Waals surface area contributed by atoms with E-state index < -0.39 is 11.8 Å². The molecule has 2 aromatic rings. The summed E-state index contributed by atoms with van der Waals surface area (Å²) in [5, 5.41) is 2.34. The Hall–Kier alpha value is -3.14. The van der Waals surface area contributed by atoms with Gasteiger partial charge in [0.1, 0.15) is 13.2 Å². The Balaban J connectivity index is 1.30. The Bertz CT molecular complexity index is 928. The minimum Gasteiger partial charge on any atom is -0.486 e. The first-order valence-electron chi connectivity index (χ1n) is 8.84. The topological polar surface area (TPSA) is 110 Å². The molecule has 10 heteroatoms. The average Bonchev–Trinajstić information content (AvgIpc) is 3.34. The van der Waals surface area contributed by atoms with Gasteiger partial charge in [0.05, 0.1) is 12.1 Å². The number of aromatic nitrogens is 1. The number of ether oxygens (including phenoxy) is 2. The van der Waals surface area contributed by atoms with E-state index in [1.54, 1.807) is 28.5 Å². The van der Waals surface area contributed by atoms with Crippen molar-refractivity contribution in [3.63, 3.8) is 0 Å². The minimum absolute atomic E-state index is 0.0000502. The van der Waals surface area contributed by atoms with Gasteiger partial charge < -0.3 is 9.47 Å². The van der Waals surface area contributed by atoms with Crippen molar-refractivity contribution in [3.8, 4) is 11.5 Å². The highest BCUT2D eigenvalue weighted by atomic mass is 32.1. The number of carbonyl (C=O) groups is 3. The molecule has 1 saturated heterocycles. The Kier molecular flexibility index (Phi) is 5.11. The Morgan fingerprint density at radius 1 is 1.18 bits per heavy atom. The summed E-state index contributed by atoms with van der Waals surface area (Å²) in [5.41, 5.74) is 5.63. The highest BCUT2D eigenvalue weighted by molar-refractivity contribution is 7.14. The van der Waals surface area contributed by atoms with Gasteiger partial charge in [-0.2, -0.15) is 0 Å². The van der Waals surface area contributed by atoms with Crippen molar-refractivity contribution in [1.29, 1.82) is 0 Å². The molecule has 0 unspecified atom stereocenters. The van der Waals surface area contributed by atoms with Crippen molar-refractivity contribution >= 4 is 34.2 Å². The molecule has 2 aliphatic heterocycles. The van der Waals surface area contributed by atoms with E-state index in [1.807, 2.05) is 0 Å². The first kappa shape index (κ1) is 18.2. The molecule has 3 amide bonds. The van der Waals surface area contributed by atoms with E-state index in [0.29, 0.717) is 54.1 Å². The van der Waals surface area contributed by atoms with Gasteiger partial charge in [0.25, 0.3) is 5.91 Å². The highest BCUT2D eigenvalue weighted by Gasteiger charge is 2.24. The lowest BCUT2D eigenvalue weighted by molar-refractivity contribution is -0.121. The van der Waals surface area contributed by atoms with Crippen LogP contribution in [-0.2, 0) is 16.0 Å². The molecule has 9 nitrogen and oxygen atoms in total. The van der Waals surface area contributed by atoms with Crippen LogP contribution in [0, 0.1) is 0 Å². The largest absolute Gasteiger partial charge is 0.486 e. The molecule has 146 valence electrons. The van der Waals surface area contributed by atoms with Crippen LogP contribution in [0.2, 0.25) is 0 Å². The highest BCUT2D eigenvalue weighted by Crippen LogP contribution is 2.30. The zero-order valence-electron chi connectivity index (χ0n) is 14.9. The molecule has 0 spiro atoms. The van der Waals surface area contributed by atoms with Gasteiger partial charge in [-0.3, -0.25) is 30.1 Å². The van der Waals surface area contributed by atoms with Gasteiger partial charge in [-0.1, -0.05) is 0 Å². The number of amides is 3. The second-order valence-corrected chi connectivity index (χ2v) is 7.14. The first-order valence-corrected chi connectivity index (χ1v) is 9.72. The summed E-state index contributed by atoms with van der Waals surface area (Å²) >= 11 is 1.33. The number of hydrazine groups is 1. The van der Waals surface area contributed by atoms with Crippen LogP contribution in [0.5, 0.6) is 11.5 Å². The molecule has 1 aromatic carbocycles. The van der Waals surface area contributed by atoms with Gasteiger partial charge >= 0.3 is 0 Å².